The Labute approximate surface area is 181 Å². The van der Waals surface area contributed by atoms with Crippen LogP contribution in [0.2, 0.25) is 0 Å². The molecule has 0 bridgehead atoms. The summed E-state index contributed by atoms with van der Waals surface area (Å²) in [7, 11) is 1.61. The Bertz CT molecular complexity index is 1130. The van der Waals surface area contributed by atoms with Crippen molar-refractivity contribution in [3.63, 3.8) is 0 Å². The van der Waals surface area contributed by atoms with Crippen molar-refractivity contribution >= 4 is 22.3 Å². The maximum absolute atomic E-state index is 13.0. The van der Waals surface area contributed by atoms with Gasteiger partial charge in [-0.05, 0) is 64.0 Å². The molecule has 4 rings (SSSR count). The summed E-state index contributed by atoms with van der Waals surface area (Å²) in [5.41, 5.74) is 1.06. The molecule has 0 saturated carbocycles. The van der Waals surface area contributed by atoms with Crippen molar-refractivity contribution in [2.24, 2.45) is 0 Å². The highest BCUT2D eigenvalue weighted by Crippen LogP contribution is 2.28. The fourth-order valence-corrected chi connectivity index (χ4v) is 4.47. The Morgan fingerprint density at radius 3 is 2.68 bits per heavy atom. The zero-order valence-corrected chi connectivity index (χ0v) is 18.4. The van der Waals surface area contributed by atoms with Gasteiger partial charge in [0, 0.05) is 11.9 Å². The lowest BCUT2D eigenvalue weighted by Gasteiger charge is -2.19. The highest BCUT2D eigenvalue weighted by atomic mass is 16.5. The van der Waals surface area contributed by atoms with E-state index in [1.165, 1.54) is 30.4 Å². The number of amides is 1. The van der Waals surface area contributed by atoms with E-state index < -0.39 is 0 Å². The van der Waals surface area contributed by atoms with E-state index in [9.17, 15) is 9.59 Å². The second-order valence-electron chi connectivity index (χ2n) is 8.23. The van der Waals surface area contributed by atoms with Gasteiger partial charge >= 0.3 is 0 Å². The van der Waals surface area contributed by atoms with E-state index >= 15 is 0 Å². The average molecular weight is 426 g/mol. The molecule has 8 nitrogen and oxygen atoms in total. The first-order valence-electron chi connectivity index (χ1n) is 11.1. The highest BCUT2D eigenvalue weighted by Gasteiger charge is 2.16. The number of fused-ring (bicyclic) bond motifs is 3. The van der Waals surface area contributed by atoms with Crippen molar-refractivity contribution in [1.29, 1.82) is 0 Å². The van der Waals surface area contributed by atoms with Gasteiger partial charge in [0.1, 0.15) is 23.6 Å². The molecule has 3 aromatic rings. The van der Waals surface area contributed by atoms with Crippen molar-refractivity contribution in [2.45, 2.75) is 45.6 Å². The topological polar surface area (TPSA) is 80.9 Å². The number of aromatic nitrogens is 3. The summed E-state index contributed by atoms with van der Waals surface area (Å²) in [6.07, 6.45) is 6.09. The maximum Gasteiger partial charge on any atom is 0.291 e. The van der Waals surface area contributed by atoms with Crippen molar-refractivity contribution in [3.8, 4) is 5.75 Å². The SMILES string of the molecule is COc1cccc2c1cc1c(=O)n(CC(=O)NCCCN3CCCCCC3)nc(C)n12. The molecular formula is C23H31N5O3. The summed E-state index contributed by atoms with van der Waals surface area (Å²) in [5.74, 6) is 1.16. The quantitative estimate of drug-likeness (QED) is 0.588. The van der Waals surface area contributed by atoms with Crippen LogP contribution in [0.1, 0.15) is 37.9 Å². The van der Waals surface area contributed by atoms with E-state index in [0.717, 1.165) is 37.0 Å². The summed E-state index contributed by atoms with van der Waals surface area (Å²) >= 11 is 0. The number of rotatable bonds is 7. The molecule has 1 aromatic carbocycles. The van der Waals surface area contributed by atoms with E-state index in [-0.39, 0.29) is 18.0 Å². The first-order valence-corrected chi connectivity index (χ1v) is 11.1. The molecule has 1 fully saturated rings. The molecule has 0 aliphatic carbocycles. The zero-order chi connectivity index (χ0) is 21.8. The first-order chi connectivity index (χ1) is 15.1. The van der Waals surface area contributed by atoms with Crippen LogP contribution in [0.4, 0.5) is 0 Å². The lowest BCUT2D eigenvalue weighted by molar-refractivity contribution is -0.121. The average Bonchev–Trinajstić information content (AvgIpc) is 2.98. The molecule has 1 aliphatic rings. The molecule has 8 heteroatoms. The maximum atomic E-state index is 13.0. The van der Waals surface area contributed by atoms with Crippen LogP contribution in [-0.4, -0.2) is 58.3 Å². The molecule has 1 amide bonds. The number of nitrogens with zero attached hydrogens (tertiary/aromatic N) is 4. The fourth-order valence-electron chi connectivity index (χ4n) is 4.47. The predicted octanol–water partition coefficient (Wildman–Crippen LogP) is 2.35. The van der Waals surface area contributed by atoms with Crippen LogP contribution in [0.3, 0.4) is 0 Å². The fraction of sp³-hybridized carbons (Fsp3) is 0.522. The van der Waals surface area contributed by atoms with Gasteiger partial charge in [-0.3, -0.25) is 14.0 Å². The lowest BCUT2D eigenvalue weighted by Crippen LogP contribution is -2.36. The molecule has 0 atom stereocenters. The largest absolute Gasteiger partial charge is 0.496 e. The molecule has 1 saturated heterocycles. The molecule has 1 aliphatic heterocycles. The number of hydrogen-bond donors (Lipinski definition) is 1. The van der Waals surface area contributed by atoms with Crippen LogP contribution in [0.5, 0.6) is 5.75 Å². The van der Waals surface area contributed by atoms with Crippen molar-refractivity contribution < 1.29 is 9.53 Å². The minimum absolute atomic E-state index is 0.0848. The molecule has 0 spiro atoms. The number of likely N-dealkylation sites (tertiary alicyclic amines) is 1. The van der Waals surface area contributed by atoms with Crippen LogP contribution in [0.25, 0.3) is 16.4 Å². The van der Waals surface area contributed by atoms with Gasteiger partial charge in [0.05, 0.1) is 12.6 Å². The molecule has 0 unspecified atom stereocenters. The second kappa shape index (κ2) is 9.51. The van der Waals surface area contributed by atoms with Crippen LogP contribution in [-0.2, 0) is 11.3 Å². The van der Waals surface area contributed by atoms with Gasteiger partial charge in [-0.2, -0.15) is 5.10 Å². The zero-order valence-electron chi connectivity index (χ0n) is 18.4. The van der Waals surface area contributed by atoms with Gasteiger partial charge < -0.3 is 15.0 Å². The van der Waals surface area contributed by atoms with E-state index in [1.807, 2.05) is 29.5 Å². The number of methoxy groups -OCH3 is 1. The smallest absolute Gasteiger partial charge is 0.291 e. The van der Waals surface area contributed by atoms with Gasteiger partial charge in [-0.25, -0.2) is 4.68 Å². The molecule has 1 N–H and O–H groups in total. The first kappa shape index (κ1) is 21.4. The van der Waals surface area contributed by atoms with Gasteiger partial charge in [0.15, 0.2) is 0 Å². The number of aryl methyl sites for hydroxylation is 1. The number of benzene rings is 1. The Hall–Kier alpha value is -2.87. The summed E-state index contributed by atoms with van der Waals surface area (Å²) in [5, 5.41) is 8.17. The minimum atomic E-state index is -0.288. The lowest BCUT2D eigenvalue weighted by atomic mass is 10.2. The Morgan fingerprint density at radius 1 is 1.16 bits per heavy atom. The third-order valence-electron chi connectivity index (χ3n) is 6.03. The van der Waals surface area contributed by atoms with E-state index in [1.54, 1.807) is 13.2 Å². The molecule has 166 valence electrons. The standard InChI is InChI=1S/C23H31N5O3/c1-17-25-27(16-22(29)24-11-8-14-26-12-5-3-4-6-13-26)23(30)20-15-18-19(28(17)20)9-7-10-21(18)31-2/h7,9-10,15H,3-6,8,11-14,16H2,1-2H3,(H,24,29). The van der Waals surface area contributed by atoms with E-state index in [0.29, 0.717) is 23.6 Å². The predicted molar refractivity (Wildman–Crippen MR) is 121 cm³/mol. The van der Waals surface area contributed by atoms with E-state index in [4.69, 9.17) is 4.74 Å². The number of carbonyl (C=O) groups excluding carboxylic acids is 1. The van der Waals surface area contributed by atoms with Crippen molar-refractivity contribution in [3.05, 3.63) is 40.4 Å². The third kappa shape index (κ3) is 4.58. The normalized spacial score (nSPS) is 15.3. The Morgan fingerprint density at radius 2 is 1.94 bits per heavy atom. The Kier molecular flexibility index (Phi) is 6.56. The number of ether oxygens (including phenoxy) is 1. The molecule has 31 heavy (non-hydrogen) atoms. The van der Waals surface area contributed by atoms with Crippen LogP contribution in [0.15, 0.2) is 29.1 Å². The van der Waals surface area contributed by atoms with Gasteiger partial charge in [-0.1, -0.05) is 18.9 Å². The number of carbonyl (C=O) groups is 1. The number of nitrogens with one attached hydrogen (secondary N) is 1. The van der Waals surface area contributed by atoms with Crippen molar-refractivity contribution in [1.82, 2.24) is 24.4 Å². The van der Waals surface area contributed by atoms with Gasteiger partial charge in [-0.15, -0.1) is 0 Å². The molecular weight excluding hydrogens is 394 g/mol. The third-order valence-corrected chi connectivity index (χ3v) is 6.03. The van der Waals surface area contributed by atoms with Crippen molar-refractivity contribution in [2.75, 3.05) is 33.3 Å². The number of hydrogen-bond acceptors (Lipinski definition) is 5. The summed E-state index contributed by atoms with van der Waals surface area (Å²) in [6, 6.07) is 7.49. The molecule has 0 radical (unpaired) electrons. The summed E-state index contributed by atoms with van der Waals surface area (Å²) in [6.45, 7) is 5.67. The monoisotopic (exact) mass is 425 g/mol. The summed E-state index contributed by atoms with van der Waals surface area (Å²) < 4.78 is 8.49. The second-order valence-corrected chi connectivity index (χ2v) is 8.23. The highest BCUT2D eigenvalue weighted by molar-refractivity contribution is 5.92. The van der Waals surface area contributed by atoms with Gasteiger partial charge in [0.2, 0.25) is 5.91 Å². The van der Waals surface area contributed by atoms with Gasteiger partial charge in [0.25, 0.3) is 5.56 Å². The summed E-state index contributed by atoms with van der Waals surface area (Å²) in [4.78, 5) is 27.9. The van der Waals surface area contributed by atoms with Crippen LogP contribution in [0, 0.1) is 6.92 Å². The molecule has 3 heterocycles. The molecule has 2 aromatic heterocycles. The van der Waals surface area contributed by atoms with E-state index in [2.05, 4.69) is 15.3 Å². The minimum Gasteiger partial charge on any atom is -0.496 e. The van der Waals surface area contributed by atoms with Crippen LogP contribution < -0.4 is 15.6 Å². The van der Waals surface area contributed by atoms with Crippen LogP contribution >= 0.6 is 0 Å². The Balaban J connectivity index is 1.43.